The van der Waals surface area contributed by atoms with Gasteiger partial charge in [0.25, 0.3) is 0 Å². The Balaban J connectivity index is 0.00000300. The summed E-state index contributed by atoms with van der Waals surface area (Å²) in [7, 11) is 0. The fourth-order valence-corrected chi connectivity index (χ4v) is 3.49. The summed E-state index contributed by atoms with van der Waals surface area (Å²) < 4.78 is 12.9. The number of carbonyl (C=O) groups excluding carboxylic acids is 2. The Kier molecular flexibility index (Phi) is 8.46. The van der Waals surface area contributed by atoms with Crippen LogP contribution in [-0.4, -0.2) is 29.8 Å². The van der Waals surface area contributed by atoms with Crippen molar-refractivity contribution in [3.8, 4) is 0 Å². The molecule has 1 aliphatic rings. The number of carbonyl (C=O) groups is 2. The molecule has 0 unspecified atom stereocenters. The highest BCUT2D eigenvalue weighted by atomic mass is 35.5. The van der Waals surface area contributed by atoms with E-state index in [1.807, 2.05) is 29.2 Å². The SMILES string of the molecule is Cl.Nc1ccccc1CCC(=O)N1CCC(C(=O)NCc2ccc(F)cc2)CC1. The van der Waals surface area contributed by atoms with Crippen LogP contribution >= 0.6 is 12.4 Å². The molecule has 0 spiro atoms. The Bertz CT molecular complexity index is 821. The van der Waals surface area contributed by atoms with Gasteiger partial charge in [-0.3, -0.25) is 9.59 Å². The number of benzene rings is 2. The van der Waals surface area contributed by atoms with E-state index in [0.29, 0.717) is 51.0 Å². The number of para-hydroxylation sites is 1. The number of piperidine rings is 1. The van der Waals surface area contributed by atoms with Crippen LogP contribution in [0.1, 0.15) is 30.4 Å². The molecule has 2 amide bonds. The monoisotopic (exact) mass is 419 g/mol. The van der Waals surface area contributed by atoms with E-state index in [0.717, 1.165) is 11.1 Å². The first-order valence-corrected chi connectivity index (χ1v) is 9.66. The number of likely N-dealkylation sites (tertiary alicyclic amines) is 1. The smallest absolute Gasteiger partial charge is 0.223 e. The number of nitrogens with two attached hydrogens (primary N) is 1. The third-order valence-corrected chi connectivity index (χ3v) is 5.26. The Morgan fingerprint density at radius 1 is 1.07 bits per heavy atom. The third kappa shape index (κ3) is 6.46. The molecule has 0 saturated carbocycles. The third-order valence-electron chi connectivity index (χ3n) is 5.26. The molecule has 29 heavy (non-hydrogen) atoms. The van der Waals surface area contributed by atoms with Crippen LogP contribution in [0.4, 0.5) is 10.1 Å². The van der Waals surface area contributed by atoms with Crippen molar-refractivity contribution in [3.63, 3.8) is 0 Å². The minimum Gasteiger partial charge on any atom is -0.399 e. The number of hydrogen-bond donors (Lipinski definition) is 2. The molecule has 5 nitrogen and oxygen atoms in total. The number of amides is 2. The zero-order chi connectivity index (χ0) is 19.9. The van der Waals surface area contributed by atoms with Crippen LogP contribution in [0.2, 0.25) is 0 Å². The first-order valence-electron chi connectivity index (χ1n) is 9.66. The number of rotatable bonds is 6. The Morgan fingerprint density at radius 2 is 1.72 bits per heavy atom. The summed E-state index contributed by atoms with van der Waals surface area (Å²) in [6, 6.07) is 13.7. The topological polar surface area (TPSA) is 75.4 Å². The van der Waals surface area contributed by atoms with Crippen LogP contribution in [0.15, 0.2) is 48.5 Å². The molecule has 0 bridgehead atoms. The molecule has 1 heterocycles. The average molecular weight is 420 g/mol. The molecule has 156 valence electrons. The van der Waals surface area contributed by atoms with Gasteiger partial charge in [0, 0.05) is 37.7 Å². The van der Waals surface area contributed by atoms with Crippen LogP contribution in [-0.2, 0) is 22.6 Å². The van der Waals surface area contributed by atoms with Crippen molar-refractivity contribution in [3.05, 3.63) is 65.5 Å². The molecule has 3 rings (SSSR count). The molecule has 0 aromatic heterocycles. The lowest BCUT2D eigenvalue weighted by Crippen LogP contribution is -2.43. The van der Waals surface area contributed by atoms with E-state index in [4.69, 9.17) is 5.73 Å². The number of aryl methyl sites for hydroxylation is 1. The molecule has 1 saturated heterocycles. The van der Waals surface area contributed by atoms with Gasteiger partial charge in [0.1, 0.15) is 5.82 Å². The van der Waals surface area contributed by atoms with Gasteiger partial charge in [-0.15, -0.1) is 12.4 Å². The number of halogens is 2. The normalized spacial score (nSPS) is 14.2. The van der Waals surface area contributed by atoms with Crippen molar-refractivity contribution in [2.45, 2.75) is 32.2 Å². The van der Waals surface area contributed by atoms with Gasteiger partial charge in [-0.1, -0.05) is 30.3 Å². The second-order valence-corrected chi connectivity index (χ2v) is 7.20. The lowest BCUT2D eigenvalue weighted by atomic mass is 9.95. The van der Waals surface area contributed by atoms with Gasteiger partial charge in [-0.05, 0) is 48.6 Å². The Hall–Kier alpha value is -2.60. The van der Waals surface area contributed by atoms with Crippen LogP contribution in [0.3, 0.4) is 0 Å². The molecule has 1 aliphatic heterocycles. The summed E-state index contributed by atoms with van der Waals surface area (Å²) in [6.45, 7) is 1.58. The van der Waals surface area contributed by atoms with Gasteiger partial charge in [0.2, 0.25) is 11.8 Å². The lowest BCUT2D eigenvalue weighted by molar-refractivity contribution is -0.135. The summed E-state index contributed by atoms with van der Waals surface area (Å²) in [5.41, 5.74) is 8.50. The highest BCUT2D eigenvalue weighted by Gasteiger charge is 2.27. The predicted octanol–water partition coefficient (Wildman–Crippen LogP) is 3.32. The molecule has 0 radical (unpaired) electrons. The number of anilines is 1. The average Bonchev–Trinajstić information content (AvgIpc) is 2.72. The zero-order valence-corrected chi connectivity index (χ0v) is 17.1. The molecule has 7 heteroatoms. The fourth-order valence-electron chi connectivity index (χ4n) is 3.49. The second kappa shape index (κ2) is 10.8. The molecule has 1 fully saturated rings. The van der Waals surface area contributed by atoms with Crippen molar-refractivity contribution in [2.75, 3.05) is 18.8 Å². The van der Waals surface area contributed by atoms with Crippen LogP contribution in [0.25, 0.3) is 0 Å². The molecule has 0 aliphatic carbocycles. The molecule has 3 N–H and O–H groups in total. The van der Waals surface area contributed by atoms with E-state index in [9.17, 15) is 14.0 Å². The van der Waals surface area contributed by atoms with Crippen LogP contribution in [0.5, 0.6) is 0 Å². The molecule has 2 aromatic carbocycles. The highest BCUT2D eigenvalue weighted by molar-refractivity contribution is 5.85. The van der Waals surface area contributed by atoms with E-state index >= 15 is 0 Å². The largest absolute Gasteiger partial charge is 0.399 e. The first kappa shape index (κ1) is 22.7. The predicted molar refractivity (Wildman–Crippen MR) is 114 cm³/mol. The van der Waals surface area contributed by atoms with Crippen molar-refractivity contribution < 1.29 is 14.0 Å². The van der Waals surface area contributed by atoms with Gasteiger partial charge in [0.05, 0.1) is 0 Å². The summed E-state index contributed by atoms with van der Waals surface area (Å²) >= 11 is 0. The lowest BCUT2D eigenvalue weighted by Gasteiger charge is -2.31. The van der Waals surface area contributed by atoms with Crippen molar-refractivity contribution in [1.82, 2.24) is 10.2 Å². The number of nitrogen functional groups attached to an aromatic ring is 1. The van der Waals surface area contributed by atoms with E-state index in [-0.39, 0.29) is 36.0 Å². The van der Waals surface area contributed by atoms with Crippen molar-refractivity contribution in [2.24, 2.45) is 5.92 Å². The van der Waals surface area contributed by atoms with Gasteiger partial charge >= 0.3 is 0 Å². The van der Waals surface area contributed by atoms with Gasteiger partial charge in [-0.2, -0.15) is 0 Å². The van der Waals surface area contributed by atoms with Gasteiger partial charge < -0.3 is 16.0 Å². The molecular weight excluding hydrogens is 393 g/mol. The van der Waals surface area contributed by atoms with E-state index in [1.165, 1.54) is 12.1 Å². The summed E-state index contributed by atoms with van der Waals surface area (Å²) in [6.07, 6.45) is 2.38. The highest BCUT2D eigenvalue weighted by Crippen LogP contribution is 2.20. The molecule has 2 aromatic rings. The van der Waals surface area contributed by atoms with Crippen molar-refractivity contribution >= 4 is 29.9 Å². The molecular formula is C22H27ClFN3O2. The van der Waals surface area contributed by atoms with Crippen LogP contribution in [0, 0.1) is 11.7 Å². The minimum atomic E-state index is -0.290. The summed E-state index contributed by atoms with van der Waals surface area (Å²) in [5.74, 6) is -0.279. The number of hydrogen-bond acceptors (Lipinski definition) is 3. The molecule has 0 atom stereocenters. The summed E-state index contributed by atoms with van der Waals surface area (Å²) in [5, 5.41) is 2.91. The standard InChI is InChI=1S/C22H26FN3O2.ClH/c23-19-8-5-16(6-9-19)15-25-22(28)18-11-13-26(14-12-18)21(27)10-7-17-3-1-2-4-20(17)24;/h1-6,8-9,18H,7,10-15,24H2,(H,25,28);1H. The van der Waals surface area contributed by atoms with E-state index < -0.39 is 0 Å². The Labute approximate surface area is 176 Å². The summed E-state index contributed by atoms with van der Waals surface area (Å²) in [4.78, 5) is 26.6. The van der Waals surface area contributed by atoms with Crippen LogP contribution < -0.4 is 11.1 Å². The quantitative estimate of drug-likeness (QED) is 0.705. The van der Waals surface area contributed by atoms with Crippen molar-refractivity contribution in [1.29, 1.82) is 0 Å². The fraction of sp³-hybridized carbons (Fsp3) is 0.364. The number of nitrogens with one attached hydrogen (secondary N) is 1. The van der Waals surface area contributed by atoms with E-state index in [1.54, 1.807) is 12.1 Å². The zero-order valence-electron chi connectivity index (χ0n) is 16.3. The van der Waals surface area contributed by atoms with E-state index in [2.05, 4.69) is 5.32 Å². The maximum absolute atomic E-state index is 12.9. The first-order chi connectivity index (χ1) is 13.5. The van der Waals surface area contributed by atoms with Gasteiger partial charge in [0.15, 0.2) is 0 Å². The minimum absolute atomic E-state index is 0. The van der Waals surface area contributed by atoms with Gasteiger partial charge in [-0.25, -0.2) is 4.39 Å². The second-order valence-electron chi connectivity index (χ2n) is 7.20. The maximum atomic E-state index is 12.9. The Morgan fingerprint density at radius 3 is 2.38 bits per heavy atom. The number of nitrogens with zero attached hydrogens (tertiary/aromatic N) is 1. The maximum Gasteiger partial charge on any atom is 0.223 e.